The van der Waals surface area contributed by atoms with Crippen LogP contribution in [0.25, 0.3) is 0 Å². The maximum atomic E-state index is 12.4. The van der Waals surface area contributed by atoms with Gasteiger partial charge in [-0.3, -0.25) is 9.69 Å². The number of carbonyl (C=O) groups excluding carboxylic acids is 1. The summed E-state index contributed by atoms with van der Waals surface area (Å²) >= 11 is 1.70. The Balaban J connectivity index is 1.24. The minimum atomic E-state index is -0.0403. The molecule has 2 fully saturated rings. The normalized spacial score (nSPS) is 22.8. The molecule has 2 saturated heterocycles. The molecule has 2 aliphatic heterocycles. The Kier molecular flexibility index (Phi) is 5.53. The first-order valence-corrected chi connectivity index (χ1v) is 10.2. The van der Waals surface area contributed by atoms with E-state index < -0.39 is 0 Å². The zero-order chi connectivity index (χ0) is 17.8. The number of morpholine rings is 1. The third-order valence-corrected chi connectivity index (χ3v) is 5.91. The first-order chi connectivity index (χ1) is 12.8. The average molecular weight is 372 g/mol. The molecule has 5 nitrogen and oxygen atoms in total. The molecule has 2 N–H and O–H groups in total. The van der Waals surface area contributed by atoms with E-state index in [2.05, 4.69) is 32.4 Å². The van der Waals surface area contributed by atoms with Crippen LogP contribution in [0, 0.1) is 0 Å². The van der Waals surface area contributed by atoms with Crippen LogP contribution in [0.15, 0.2) is 41.1 Å². The van der Waals surface area contributed by atoms with Gasteiger partial charge in [0.2, 0.25) is 0 Å². The quantitative estimate of drug-likeness (QED) is 0.820. The molecule has 1 aromatic heterocycles. The monoisotopic (exact) mass is 371 g/mol. The third kappa shape index (κ3) is 4.26. The maximum Gasteiger partial charge on any atom is 0.251 e. The van der Waals surface area contributed by atoms with Crippen LogP contribution in [0.4, 0.5) is 5.69 Å². The highest BCUT2D eigenvalue weighted by molar-refractivity contribution is 7.07. The van der Waals surface area contributed by atoms with E-state index in [1.54, 1.807) is 11.3 Å². The highest BCUT2D eigenvalue weighted by Crippen LogP contribution is 2.22. The summed E-state index contributed by atoms with van der Waals surface area (Å²) in [4.78, 5) is 14.9. The lowest BCUT2D eigenvalue weighted by atomic mass is 10.1. The molecular weight excluding hydrogens is 346 g/mol. The van der Waals surface area contributed by atoms with Crippen LogP contribution in [-0.2, 0) is 11.3 Å². The van der Waals surface area contributed by atoms with E-state index >= 15 is 0 Å². The van der Waals surface area contributed by atoms with Crippen molar-refractivity contribution in [1.82, 2.24) is 10.2 Å². The molecule has 2 aromatic rings. The zero-order valence-electron chi connectivity index (χ0n) is 14.8. The Hall–Kier alpha value is -1.89. The van der Waals surface area contributed by atoms with Crippen molar-refractivity contribution in [2.75, 3.05) is 31.6 Å². The Morgan fingerprint density at radius 3 is 2.96 bits per heavy atom. The molecule has 0 radical (unpaired) electrons. The van der Waals surface area contributed by atoms with Gasteiger partial charge in [-0.2, -0.15) is 11.3 Å². The molecule has 26 heavy (non-hydrogen) atoms. The molecule has 2 unspecified atom stereocenters. The Bertz CT molecular complexity index is 717. The van der Waals surface area contributed by atoms with E-state index in [9.17, 15) is 4.79 Å². The van der Waals surface area contributed by atoms with Gasteiger partial charge in [-0.25, -0.2) is 0 Å². The molecule has 1 amide bonds. The number of benzene rings is 1. The average Bonchev–Trinajstić information content (AvgIpc) is 3.36. The largest absolute Gasteiger partial charge is 0.381 e. The van der Waals surface area contributed by atoms with E-state index in [-0.39, 0.29) is 12.0 Å². The van der Waals surface area contributed by atoms with Crippen molar-refractivity contribution < 1.29 is 9.53 Å². The van der Waals surface area contributed by atoms with E-state index in [0.717, 1.165) is 31.9 Å². The van der Waals surface area contributed by atoms with Crippen molar-refractivity contribution in [2.45, 2.75) is 31.5 Å². The number of fused-ring (bicyclic) bond motifs is 1. The van der Waals surface area contributed by atoms with Gasteiger partial charge in [-0.15, -0.1) is 0 Å². The van der Waals surface area contributed by atoms with Gasteiger partial charge >= 0.3 is 0 Å². The fourth-order valence-corrected chi connectivity index (χ4v) is 4.32. The Morgan fingerprint density at radius 1 is 1.27 bits per heavy atom. The minimum absolute atomic E-state index is 0.0403. The highest BCUT2D eigenvalue weighted by Gasteiger charge is 2.32. The van der Waals surface area contributed by atoms with E-state index in [4.69, 9.17) is 4.74 Å². The number of rotatable bonds is 6. The summed E-state index contributed by atoms with van der Waals surface area (Å²) in [6.07, 6.45) is 2.60. The van der Waals surface area contributed by atoms with Gasteiger partial charge in [-0.1, -0.05) is 0 Å². The summed E-state index contributed by atoms with van der Waals surface area (Å²) in [5, 5.41) is 10.6. The Morgan fingerprint density at radius 2 is 2.15 bits per heavy atom. The molecule has 2 atom stereocenters. The van der Waals surface area contributed by atoms with Gasteiger partial charge < -0.3 is 15.4 Å². The van der Waals surface area contributed by atoms with E-state index in [1.807, 2.05) is 24.3 Å². The van der Waals surface area contributed by atoms with Crippen molar-refractivity contribution in [2.24, 2.45) is 0 Å². The van der Waals surface area contributed by atoms with Crippen LogP contribution in [0.1, 0.15) is 28.8 Å². The van der Waals surface area contributed by atoms with Crippen LogP contribution in [0.5, 0.6) is 0 Å². The van der Waals surface area contributed by atoms with Crippen molar-refractivity contribution in [3.05, 3.63) is 52.2 Å². The predicted molar refractivity (Wildman–Crippen MR) is 105 cm³/mol. The second-order valence-electron chi connectivity index (χ2n) is 7.02. The minimum Gasteiger partial charge on any atom is -0.381 e. The number of thiophene rings is 1. The molecule has 1 aromatic carbocycles. The van der Waals surface area contributed by atoms with Crippen molar-refractivity contribution in [1.29, 1.82) is 0 Å². The van der Waals surface area contributed by atoms with Crippen molar-refractivity contribution >= 4 is 22.9 Å². The lowest BCUT2D eigenvalue weighted by Gasteiger charge is -2.35. The summed E-state index contributed by atoms with van der Waals surface area (Å²) in [5.41, 5.74) is 2.97. The molecule has 138 valence electrons. The summed E-state index contributed by atoms with van der Waals surface area (Å²) < 4.78 is 5.90. The van der Waals surface area contributed by atoms with Gasteiger partial charge in [0.05, 0.1) is 12.7 Å². The SMILES string of the molecule is O=C(NCC1CN2CCCC2CO1)c1ccc(NCc2ccsc2)cc1. The number of ether oxygens (including phenoxy) is 1. The summed E-state index contributed by atoms with van der Waals surface area (Å²) in [6, 6.07) is 10.3. The zero-order valence-corrected chi connectivity index (χ0v) is 15.6. The standard InChI is InChI=1S/C20H25N3O2S/c24-20(22-11-19-12-23-8-1-2-18(23)13-25-19)16-3-5-17(6-4-16)21-10-15-7-9-26-14-15/h3-7,9,14,18-19,21H,1-2,8,10-13H2,(H,22,24). The summed E-state index contributed by atoms with van der Waals surface area (Å²) in [6.45, 7) is 4.26. The van der Waals surface area contributed by atoms with Crippen molar-refractivity contribution in [3.8, 4) is 0 Å². The van der Waals surface area contributed by atoms with Crippen LogP contribution >= 0.6 is 11.3 Å². The third-order valence-electron chi connectivity index (χ3n) is 5.18. The molecule has 0 saturated carbocycles. The van der Waals surface area contributed by atoms with Gasteiger partial charge in [0.25, 0.3) is 5.91 Å². The number of nitrogens with one attached hydrogen (secondary N) is 2. The summed E-state index contributed by atoms with van der Waals surface area (Å²) in [7, 11) is 0. The van der Waals surface area contributed by atoms with Crippen molar-refractivity contribution in [3.63, 3.8) is 0 Å². The molecule has 0 bridgehead atoms. The predicted octanol–water partition coefficient (Wildman–Crippen LogP) is 2.95. The molecule has 6 heteroatoms. The highest BCUT2D eigenvalue weighted by atomic mass is 32.1. The fraction of sp³-hybridized carbons (Fsp3) is 0.450. The van der Waals surface area contributed by atoms with Crippen LogP contribution in [-0.4, -0.2) is 49.2 Å². The van der Waals surface area contributed by atoms with E-state index in [1.165, 1.54) is 18.4 Å². The smallest absolute Gasteiger partial charge is 0.251 e. The van der Waals surface area contributed by atoms with Gasteiger partial charge in [0, 0.05) is 36.9 Å². The number of hydrogen-bond acceptors (Lipinski definition) is 5. The van der Waals surface area contributed by atoms with Gasteiger partial charge in [0.15, 0.2) is 0 Å². The molecular formula is C20H25N3O2S. The molecule has 0 spiro atoms. The second-order valence-corrected chi connectivity index (χ2v) is 7.80. The maximum absolute atomic E-state index is 12.4. The number of hydrogen-bond donors (Lipinski definition) is 2. The van der Waals surface area contributed by atoms with Crippen LogP contribution in [0.3, 0.4) is 0 Å². The first-order valence-electron chi connectivity index (χ1n) is 9.27. The molecule has 3 heterocycles. The van der Waals surface area contributed by atoms with Gasteiger partial charge in [0.1, 0.15) is 0 Å². The number of amides is 1. The lowest BCUT2D eigenvalue weighted by molar-refractivity contribution is -0.0461. The van der Waals surface area contributed by atoms with Crippen LogP contribution < -0.4 is 10.6 Å². The summed E-state index contributed by atoms with van der Waals surface area (Å²) in [5.74, 6) is -0.0403. The lowest BCUT2D eigenvalue weighted by Crippen LogP contribution is -2.50. The molecule has 2 aliphatic rings. The molecule has 4 rings (SSSR count). The second kappa shape index (κ2) is 8.20. The number of carbonyl (C=O) groups is 1. The van der Waals surface area contributed by atoms with Gasteiger partial charge in [-0.05, 0) is 66.0 Å². The van der Waals surface area contributed by atoms with Crippen LogP contribution in [0.2, 0.25) is 0 Å². The molecule has 0 aliphatic carbocycles. The first kappa shape index (κ1) is 17.5. The van der Waals surface area contributed by atoms with E-state index in [0.29, 0.717) is 18.2 Å². The fourth-order valence-electron chi connectivity index (χ4n) is 3.65. The topological polar surface area (TPSA) is 53.6 Å². The number of nitrogens with zero attached hydrogens (tertiary/aromatic N) is 1. The number of anilines is 1. The Labute approximate surface area is 158 Å².